The highest BCUT2D eigenvalue weighted by Gasteiger charge is 2.54. The minimum absolute atomic E-state index is 0.00836. The Bertz CT molecular complexity index is 1260. The van der Waals surface area contributed by atoms with Crippen molar-refractivity contribution in [3.63, 3.8) is 0 Å². The molecule has 1 aliphatic carbocycles. The molecular weight excluding hydrogens is 479 g/mol. The van der Waals surface area contributed by atoms with Gasteiger partial charge in [0.25, 0.3) is 0 Å². The van der Waals surface area contributed by atoms with Gasteiger partial charge in [0.2, 0.25) is 0 Å². The molecule has 0 amide bonds. The number of nitrogens with one attached hydrogen (secondary N) is 1. The van der Waals surface area contributed by atoms with Crippen molar-refractivity contribution in [3.8, 4) is 0 Å². The van der Waals surface area contributed by atoms with Crippen molar-refractivity contribution in [3.05, 3.63) is 53.4 Å². The molecule has 4 heterocycles. The number of hydrogen-bond donors (Lipinski definition) is 1. The zero-order valence-electron chi connectivity index (χ0n) is 21.2. The van der Waals surface area contributed by atoms with Gasteiger partial charge in [0.15, 0.2) is 5.65 Å². The van der Waals surface area contributed by atoms with Gasteiger partial charge in [-0.2, -0.15) is 5.10 Å². The molecule has 1 saturated carbocycles. The first-order valence-electron chi connectivity index (χ1n) is 12.6. The molecule has 3 aromatic rings. The van der Waals surface area contributed by atoms with Crippen molar-refractivity contribution < 1.29 is 13.9 Å². The van der Waals surface area contributed by atoms with Crippen LogP contribution in [0.1, 0.15) is 68.2 Å². The van der Waals surface area contributed by atoms with Crippen molar-refractivity contribution >= 4 is 29.4 Å². The largest absolute Gasteiger partial charge is 0.462 e. The van der Waals surface area contributed by atoms with Gasteiger partial charge in [-0.3, -0.25) is 9.71 Å². The first kappa shape index (κ1) is 25.0. The number of aromatic nitrogens is 4. The van der Waals surface area contributed by atoms with Crippen LogP contribution in [-0.2, 0) is 11.2 Å². The second kappa shape index (κ2) is 9.97. The number of nitrogens with zero attached hydrogens (tertiary/aromatic N) is 5. The van der Waals surface area contributed by atoms with Crippen molar-refractivity contribution in [2.75, 3.05) is 24.6 Å². The summed E-state index contributed by atoms with van der Waals surface area (Å²) in [6.07, 6.45) is 7.44. The molecule has 0 spiro atoms. The summed E-state index contributed by atoms with van der Waals surface area (Å²) in [6, 6.07) is 3.57. The molecule has 1 saturated heterocycles. The summed E-state index contributed by atoms with van der Waals surface area (Å²) in [5.74, 6) is 1.01. The molecule has 3 atom stereocenters. The second-order valence-electron chi connectivity index (χ2n) is 10.5. The number of fused-ring (bicyclic) bond motifs is 2. The Morgan fingerprint density at radius 2 is 2.17 bits per heavy atom. The molecule has 1 N–H and O–H groups in total. The van der Waals surface area contributed by atoms with Crippen LogP contribution in [-0.4, -0.2) is 50.0 Å². The van der Waals surface area contributed by atoms with E-state index in [2.05, 4.69) is 40.5 Å². The normalized spacial score (nSPS) is 21.1. The average molecular weight is 513 g/mol. The van der Waals surface area contributed by atoms with Crippen LogP contribution in [0.5, 0.6) is 0 Å². The molecule has 3 aromatic heterocycles. The van der Waals surface area contributed by atoms with Crippen LogP contribution >= 0.6 is 11.9 Å². The predicted molar refractivity (Wildman–Crippen MR) is 138 cm³/mol. The molecule has 3 unspecified atom stereocenters. The van der Waals surface area contributed by atoms with E-state index in [0.717, 1.165) is 49.4 Å². The number of esters is 1. The Morgan fingerprint density at radius 1 is 1.33 bits per heavy atom. The van der Waals surface area contributed by atoms with Crippen LogP contribution in [0, 0.1) is 17.7 Å². The third-order valence-corrected chi connectivity index (χ3v) is 7.61. The van der Waals surface area contributed by atoms with Crippen LogP contribution in [0.2, 0.25) is 0 Å². The summed E-state index contributed by atoms with van der Waals surface area (Å²) in [5.41, 5.74) is 2.70. The number of halogens is 1. The van der Waals surface area contributed by atoms with Gasteiger partial charge >= 0.3 is 5.97 Å². The van der Waals surface area contributed by atoms with Gasteiger partial charge in [-0.05, 0) is 76.5 Å². The summed E-state index contributed by atoms with van der Waals surface area (Å²) in [4.78, 5) is 24.0. The minimum atomic E-state index is -0.437. The van der Waals surface area contributed by atoms with E-state index >= 15 is 0 Å². The number of anilines is 1. The summed E-state index contributed by atoms with van der Waals surface area (Å²) < 4.78 is 24.8. The van der Waals surface area contributed by atoms with E-state index in [1.54, 1.807) is 29.5 Å². The molecule has 36 heavy (non-hydrogen) atoms. The van der Waals surface area contributed by atoms with E-state index in [4.69, 9.17) is 9.72 Å². The summed E-state index contributed by atoms with van der Waals surface area (Å²) in [7, 11) is 0. The van der Waals surface area contributed by atoms with Gasteiger partial charge in [0.05, 0.1) is 25.0 Å². The smallest absolute Gasteiger partial charge is 0.343 e. The molecule has 192 valence electrons. The van der Waals surface area contributed by atoms with E-state index in [9.17, 15) is 9.18 Å². The van der Waals surface area contributed by atoms with Gasteiger partial charge in [0, 0.05) is 29.7 Å². The van der Waals surface area contributed by atoms with Crippen LogP contribution in [0.4, 0.5) is 10.2 Å². The maximum Gasteiger partial charge on any atom is 0.343 e. The van der Waals surface area contributed by atoms with Gasteiger partial charge < -0.3 is 9.64 Å². The predicted octanol–water partition coefficient (Wildman–Crippen LogP) is 4.61. The summed E-state index contributed by atoms with van der Waals surface area (Å²) in [5, 5.41) is 4.25. The number of hydrogen-bond acceptors (Lipinski definition) is 8. The van der Waals surface area contributed by atoms with Gasteiger partial charge in [-0.25, -0.2) is 18.7 Å². The maximum absolute atomic E-state index is 14.5. The fourth-order valence-electron chi connectivity index (χ4n) is 5.02. The summed E-state index contributed by atoms with van der Waals surface area (Å²) >= 11 is 1.73. The number of carbonyl (C=O) groups excluding carboxylic acids is 1. The van der Waals surface area contributed by atoms with Crippen molar-refractivity contribution in [1.82, 2.24) is 24.3 Å². The van der Waals surface area contributed by atoms with Crippen LogP contribution in [0.25, 0.3) is 5.65 Å². The second-order valence-corrected chi connectivity index (χ2v) is 12.2. The van der Waals surface area contributed by atoms with Crippen molar-refractivity contribution in [2.45, 2.75) is 57.7 Å². The molecule has 10 heteroatoms. The van der Waals surface area contributed by atoms with Crippen molar-refractivity contribution in [2.24, 2.45) is 11.8 Å². The first-order valence-corrected chi connectivity index (χ1v) is 13.4. The highest BCUT2D eigenvalue weighted by Crippen LogP contribution is 2.57. The monoisotopic (exact) mass is 512 g/mol. The zero-order valence-corrected chi connectivity index (χ0v) is 22.0. The van der Waals surface area contributed by atoms with Crippen LogP contribution < -0.4 is 9.62 Å². The van der Waals surface area contributed by atoms with Gasteiger partial charge in [-0.1, -0.05) is 11.9 Å². The Morgan fingerprint density at radius 3 is 2.94 bits per heavy atom. The number of rotatable bonds is 9. The number of piperidine rings is 1. The molecule has 0 bridgehead atoms. The molecule has 1 aliphatic heterocycles. The molecule has 2 fully saturated rings. The zero-order chi connectivity index (χ0) is 25.4. The number of pyridine rings is 1. The SMILES string of the molecule is CCOC(=O)c1cnn2ccc(N3CC4CC4C3c3cc(F)cnc3CCCNSC(C)(C)C)nc12. The Kier molecular flexibility index (Phi) is 6.91. The Balaban J connectivity index is 1.40. The number of carbonyl (C=O) groups is 1. The standard InChI is InChI=1S/C26H33FN6O2S/c1-5-35-25(34)20-14-29-33-10-8-22(31-24(20)33)32-15-16-11-18(16)23(32)19-12-17(27)13-28-21(19)7-6-9-30-36-26(2,3)4/h8,10,12-14,16,18,23,30H,5-7,9,11,15H2,1-4H3. The highest BCUT2D eigenvalue weighted by atomic mass is 32.2. The summed E-state index contributed by atoms with van der Waals surface area (Å²) in [6.45, 7) is 10.3. The minimum Gasteiger partial charge on any atom is -0.462 e. The molecule has 2 aliphatic rings. The molecule has 0 radical (unpaired) electrons. The fourth-order valence-corrected chi connectivity index (χ4v) is 5.69. The fraction of sp³-hybridized carbons (Fsp3) is 0.538. The third kappa shape index (κ3) is 5.20. The van der Waals surface area contributed by atoms with E-state index in [0.29, 0.717) is 23.0 Å². The van der Waals surface area contributed by atoms with E-state index in [1.165, 1.54) is 12.4 Å². The van der Waals surface area contributed by atoms with E-state index in [1.807, 2.05) is 12.3 Å². The lowest BCUT2D eigenvalue weighted by Crippen LogP contribution is -2.29. The number of aryl methyl sites for hydroxylation is 1. The molecule has 0 aromatic carbocycles. The Labute approximate surface area is 215 Å². The third-order valence-electron chi connectivity index (χ3n) is 6.65. The lowest BCUT2D eigenvalue weighted by Gasteiger charge is -2.30. The van der Waals surface area contributed by atoms with Crippen LogP contribution in [0.3, 0.4) is 0 Å². The quantitative estimate of drug-likeness (QED) is 0.253. The lowest BCUT2D eigenvalue weighted by atomic mass is 9.98. The lowest BCUT2D eigenvalue weighted by molar-refractivity contribution is 0.0528. The Hall–Kier alpha value is -2.72. The average Bonchev–Trinajstić information content (AvgIpc) is 3.29. The van der Waals surface area contributed by atoms with Crippen LogP contribution in [0.15, 0.2) is 30.7 Å². The molecular formula is C26H33FN6O2S. The molecule has 5 rings (SSSR count). The highest BCUT2D eigenvalue weighted by molar-refractivity contribution is 7.98. The van der Waals surface area contributed by atoms with Gasteiger partial charge in [-0.15, -0.1) is 0 Å². The van der Waals surface area contributed by atoms with Gasteiger partial charge in [0.1, 0.15) is 17.2 Å². The van der Waals surface area contributed by atoms with E-state index < -0.39 is 5.97 Å². The number of ether oxygens (including phenoxy) is 1. The maximum atomic E-state index is 14.5. The molecule has 8 nitrogen and oxygen atoms in total. The van der Waals surface area contributed by atoms with E-state index in [-0.39, 0.29) is 23.2 Å². The first-order chi connectivity index (χ1) is 17.2. The van der Waals surface area contributed by atoms with Crippen molar-refractivity contribution in [1.29, 1.82) is 0 Å². The topological polar surface area (TPSA) is 84.6 Å².